The van der Waals surface area contributed by atoms with Crippen molar-refractivity contribution in [1.29, 1.82) is 0 Å². The minimum absolute atomic E-state index is 0.105. The van der Waals surface area contributed by atoms with E-state index in [9.17, 15) is 0 Å². The van der Waals surface area contributed by atoms with Gasteiger partial charge in [0.2, 0.25) is 0 Å². The number of fused-ring (bicyclic) bond motifs is 1. The van der Waals surface area contributed by atoms with Gasteiger partial charge in [0, 0.05) is 22.2 Å². The number of halogens is 2. The lowest BCUT2D eigenvalue weighted by Crippen LogP contribution is -2.06. The van der Waals surface area contributed by atoms with Gasteiger partial charge in [-0.15, -0.1) is 0 Å². The predicted molar refractivity (Wildman–Crippen MR) is 122 cm³/mol. The zero-order valence-corrected chi connectivity index (χ0v) is 17.9. The zero-order chi connectivity index (χ0) is 21.5. The second kappa shape index (κ2) is 7.67. The summed E-state index contributed by atoms with van der Waals surface area (Å²) in [6.07, 6.45) is 1.69. The van der Waals surface area contributed by atoms with Gasteiger partial charge >= 0.3 is 0 Å². The number of hydrogen-bond acceptors (Lipinski definition) is 2. The lowest BCUT2D eigenvalue weighted by Gasteiger charge is -2.10. The van der Waals surface area contributed by atoms with Gasteiger partial charge in [-0.3, -0.25) is 4.68 Å². The maximum absolute atomic E-state index is 15.4. The Bertz CT molecular complexity index is 1390. The van der Waals surface area contributed by atoms with Gasteiger partial charge < -0.3 is 0 Å². The van der Waals surface area contributed by atoms with Crippen LogP contribution in [0.5, 0.6) is 0 Å². The third kappa shape index (κ3) is 3.31. The van der Waals surface area contributed by atoms with Gasteiger partial charge in [0.25, 0.3) is 0 Å². The smallest absolute Gasteiger partial charge is 0.168 e. The Morgan fingerprint density at radius 1 is 0.968 bits per heavy atom. The van der Waals surface area contributed by atoms with Crippen molar-refractivity contribution < 1.29 is 4.39 Å². The standard InChI is InChI=1S/C25H20ClFN4/c1-16-22(17(2)31(29-16)20-11-7-4-8-12-20)15-30-25-19(14-28-30)13-21(23(26)24(25)27)18-9-5-3-6-10-18/h3-14H,15H2,1-2H3. The Balaban J connectivity index is 1.59. The first-order chi connectivity index (χ1) is 15.0. The van der Waals surface area contributed by atoms with E-state index in [1.165, 1.54) is 0 Å². The van der Waals surface area contributed by atoms with Gasteiger partial charge in [-0.05, 0) is 37.6 Å². The molecule has 0 fully saturated rings. The number of nitrogens with zero attached hydrogens (tertiary/aromatic N) is 4. The number of aromatic nitrogens is 4. The number of para-hydroxylation sites is 1. The molecule has 0 N–H and O–H groups in total. The van der Waals surface area contributed by atoms with Crippen LogP contribution in [0.4, 0.5) is 4.39 Å². The van der Waals surface area contributed by atoms with Gasteiger partial charge in [-0.25, -0.2) is 9.07 Å². The fraction of sp³-hybridized carbons (Fsp3) is 0.120. The van der Waals surface area contributed by atoms with Crippen LogP contribution in [-0.2, 0) is 6.54 Å². The van der Waals surface area contributed by atoms with Crippen LogP contribution >= 0.6 is 11.6 Å². The molecule has 0 amide bonds. The van der Waals surface area contributed by atoms with E-state index >= 15 is 4.39 Å². The molecule has 0 saturated carbocycles. The molecule has 5 aromatic rings. The summed E-state index contributed by atoms with van der Waals surface area (Å²) in [5, 5.41) is 9.98. The van der Waals surface area contributed by atoms with E-state index < -0.39 is 5.82 Å². The summed E-state index contributed by atoms with van der Waals surface area (Å²) in [6, 6.07) is 21.4. The molecule has 31 heavy (non-hydrogen) atoms. The van der Waals surface area contributed by atoms with E-state index in [2.05, 4.69) is 5.10 Å². The number of rotatable bonds is 4. The van der Waals surface area contributed by atoms with Crippen LogP contribution in [0.3, 0.4) is 0 Å². The average molecular weight is 431 g/mol. The number of benzene rings is 3. The maximum atomic E-state index is 15.4. The van der Waals surface area contributed by atoms with Gasteiger partial charge in [-0.2, -0.15) is 10.2 Å². The van der Waals surface area contributed by atoms with E-state index in [1.807, 2.05) is 85.3 Å². The fourth-order valence-corrected chi connectivity index (χ4v) is 4.26. The molecule has 0 atom stereocenters. The van der Waals surface area contributed by atoms with E-state index in [0.717, 1.165) is 28.2 Å². The summed E-state index contributed by atoms with van der Waals surface area (Å²) >= 11 is 6.45. The fourth-order valence-electron chi connectivity index (χ4n) is 4.01. The molecule has 6 heteroatoms. The van der Waals surface area contributed by atoms with Gasteiger partial charge in [-0.1, -0.05) is 60.1 Å². The average Bonchev–Trinajstić information content (AvgIpc) is 3.33. The number of hydrogen-bond donors (Lipinski definition) is 0. The Morgan fingerprint density at radius 3 is 2.35 bits per heavy atom. The third-order valence-corrected chi connectivity index (χ3v) is 6.01. The quantitative estimate of drug-likeness (QED) is 0.333. The number of aryl methyl sites for hydroxylation is 1. The van der Waals surface area contributed by atoms with E-state index in [1.54, 1.807) is 10.9 Å². The molecule has 154 valence electrons. The first-order valence-electron chi connectivity index (χ1n) is 10.0. The van der Waals surface area contributed by atoms with Crippen molar-refractivity contribution in [2.75, 3.05) is 0 Å². The molecular formula is C25H20ClFN4. The molecule has 0 bridgehead atoms. The predicted octanol–water partition coefficient (Wildman–Crippen LogP) is 6.35. The molecule has 4 nitrogen and oxygen atoms in total. The van der Waals surface area contributed by atoms with Crippen LogP contribution in [0.1, 0.15) is 17.0 Å². The zero-order valence-electron chi connectivity index (χ0n) is 17.2. The molecule has 0 aliphatic heterocycles. The van der Waals surface area contributed by atoms with Crippen molar-refractivity contribution >= 4 is 22.5 Å². The van der Waals surface area contributed by atoms with Crippen LogP contribution in [0.2, 0.25) is 5.02 Å². The van der Waals surface area contributed by atoms with Crippen LogP contribution in [-0.4, -0.2) is 19.6 Å². The molecule has 0 unspecified atom stereocenters. The Morgan fingerprint density at radius 2 is 1.65 bits per heavy atom. The van der Waals surface area contributed by atoms with Crippen LogP contribution < -0.4 is 0 Å². The van der Waals surface area contributed by atoms with Crippen molar-refractivity contribution in [2.45, 2.75) is 20.4 Å². The van der Waals surface area contributed by atoms with E-state index in [0.29, 0.717) is 23.0 Å². The van der Waals surface area contributed by atoms with Crippen LogP contribution in [0.15, 0.2) is 72.9 Å². The van der Waals surface area contributed by atoms with Crippen LogP contribution in [0, 0.1) is 19.7 Å². The highest BCUT2D eigenvalue weighted by Gasteiger charge is 2.20. The molecule has 0 aliphatic rings. The van der Waals surface area contributed by atoms with Crippen molar-refractivity contribution in [1.82, 2.24) is 19.6 Å². The highest BCUT2D eigenvalue weighted by molar-refractivity contribution is 6.34. The van der Waals surface area contributed by atoms with Crippen molar-refractivity contribution in [3.63, 3.8) is 0 Å². The van der Waals surface area contributed by atoms with E-state index in [4.69, 9.17) is 16.7 Å². The van der Waals surface area contributed by atoms with Crippen molar-refractivity contribution in [3.8, 4) is 16.8 Å². The van der Waals surface area contributed by atoms with Gasteiger partial charge in [0.15, 0.2) is 5.82 Å². The van der Waals surface area contributed by atoms with Gasteiger partial charge in [0.1, 0.15) is 5.52 Å². The van der Waals surface area contributed by atoms with Gasteiger partial charge in [0.05, 0.1) is 29.1 Å². The third-order valence-electron chi connectivity index (χ3n) is 5.64. The molecular weight excluding hydrogens is 411 g/mol. The molecule has 2 aromatic heterocycles. The Hall–Kier alpha value is -3.44. The van der Waals surface area contributed by atoms with Crippen molar-refractivity contribution in [2.24, 2.45) is 0 Å². The van der Waals surface area contributed by atoms with Crippen molar-refractivity contribution in [3.05, 3.63) is 101 Å². The largest absolute Gasteiger partial charge is 0.257 e. The molecule has 0 saturated heterocycles. The second-order valence-electron chi connectivity index (χ2n) is 7.55. The van der Waals surface area contributed by atoms with Crippen LogP contribution in [0.25, 0.3) is 27.7 Å². The van der Waals surface area contributed by atoms with E-state index in [-0.39, 0.29) is 5.02 Å². The summed E-state index contributed by atoms with van der Waals surface area (Å²) in [5.41, 5.74) is 5.82. The highest BCUT2D eigenvalue weighted by Crippen LogP contribution is 2.35. The molecule has 5 rings (SSSR count). The Kier molecular flexibility index (Phi) is 4.83. The molecule has 0 spiro atoms. The summed E-state index contributed by atoms with van der Waals surface area (Å²) in [5.74, 6) is -0.457. The highest BCUT2D eigenvalue weighted by atomic mass is 35.5. The normalized spacial score (nSPS) is 11.4. The topological polar surface area (TPSA) is 35.6 Å². The lowest BCUT2D eigenvalue weighted by molar-refractivity contribution is 0.616. The maximum Gasteiger partial charge on any atom is 0.168 e. The first kappa shape index (κ1) is 19.5. The summed E-state index contributed by atoms with van der Waals surface area (Å²) < 4.78 is 19.0. The monoisotopic (exact) mass is 430 g/mol. The minimum atomic E-state index is -0.457. The first-order valence-corrected chi connectivity index (χ1v) is 10.4. The summed E-state index contributed by atoms with van der Waals surface area (Å²) in [7, 11) is 0. The molecule has 2 heterocycles. The lowest BCUT2D eigenvalue weighted by atomic mass is 10.0. The SMILES string of the molecule is Cc1nn(-c2ccccc2)c(C)c1Cn1ncc2cc(-c3ccccc3)c(Cl)c(F)c21. The molecule has 0 aliphatic carbocycles. The molecule has 0 radical (unpaired) electrons. The summed E-state index contributed by atoms with van der Waals surface area (Å²) in [6.45, 7) is 4.39. The minimum Gasteiger partial charge on any atom is -0.257 e. The Labute approximate surface area is 184 Å². The second-order valence-corrected chi connectivity index (χ2v) is 7.93. The summed E-state index contributed by atoms with van der Waals surface area (Å²) in [4.78, 5) is 0. The molecule has 3 aromatic carbocycles.